The van der Waals surface area contributed by atoms with Crippen molar-refractivity contribution in [2.24, 2.45) is 22.9 Å². The first-order valence-electron chi connectivity index (χ1n) is 4.86. The molecule has 0 aliphatic heterocycles. The van der Waals surface area contributed by atoms with Crippen LogP contribution in [0, 0.1) is 0 Å². The second kappa shape index (κ2) is 4.17. The molecule has 0 amide bonds. The van der Waals surface area contributed by atoms with E-state index in [1.54, 1.807) is 6.08 Å². The van der Waals surface area contributed by atoms with E-state index >= 15 is 0 Å². The average molecular weight is 216 g/mol. The van der Waals surface area contributed by atoms with Gasteiger partial charge >= 0.3 is 0 Å². The normalized spacial score (nSPS) is 28.7. The molecule has 1 aliphatic carbocycles. The maximum absolute atomic E-state index is 8.66. The van der Waals surface area contributed by atoms with E-state index in [9.17, 15) is 0 Å². The lowest BCUT2D eigenvalue weighted by Gasteiger charge is -2.43. The molecule has 0 saturated heterocycles. The number of aliphatic hydroxyl groups is 1. The third kappa shape index (κ3) is 2.75. The molecule has 0 saturated carbocycles. The van der Waals surface area contributed by atoms with Gasteiger partial charge in [-0.15, -0.1) is 0 Å². The van der Waals surface area contributed by atoms with Crippen LogP contribution in [0.2, 0.25) is 0 Å². The number of hydrogen-bond donors (Lipinski definition) is 5. The van der Waals surface area contributed by atoms with Gasteiger partial charge in [0.2, 0.25) is 0 Å². The zero-order chi connectivity index (χ0) is 11.7. The number of aliphatic hydroxyl groups excluding tert-OH is 1. The molecule has 1 rings (SSSR count). The molecule has 0 heterocycles. The number of hydrogen-bond acceptors (Lipinski definition) is 6. The molecule has 1 atom stereocenters. The Balaban J connectivity index is 2.83. The lowest BCUT2D eigenvalue weighted by Crippen LogP contribution is -2.70. The van der Waals surface area contributed by atoms with E-state index in [1.165, 1.54) is 0 Å². The van der Waals surface area contributed by atoms with Gasteiger partial charge in [-0.25, -0.2) is 0 Å². The molecule has 6 heteroatoms. The van der Waals surface area contributed by atoms with E-state index in [2.05, 4.69) is 0 Å². The van der Waals surface area contributed by atoms with Crippen LogP contribution in [-0.2, 0) is 4.74 Å². The Morgan fingerprint density at radius 1 is 1.47 bits per heavy atom. The second-order valence-corrected chi connectivity index (χ2v) is 4.19. The predicted octanol–water partition coefficient (Wildman–Crippen LogP) is -2.06. The standard InChI is InChI=1S/C9H20N4O2/c1-6-4-7(15-3-2-14)9(12,13)5-8(6,10)11/h4,7,14H,2-3,5,10-13H2,1H3. The van der Waals surface area contributed by atoms with Gasteiger partial charge in [0, 0.05) is 6.42 Å². The van der Waals surface area contributed by atoms with Crippen molar-refractivity contribution in [1.82, 2.24) is 0 Å². The van der Waals surface area contributed by atoms with Crippen LogP contribution in [0.5, 0.6) is 0 Å². The van der Waals surface area contributed by atoms with Gasteiger partial charge in [-0.05, 0) is 12.5 Å². The van der Waals surface area contributed by atoms with Crippen LogP contribution < -0.4 is 22.9 Å². The van der Waals surface area contributed by atoms with Gasteiger partial charge in [-0.1, -0.05) is 6.08 Å². The van der Waals surface area contributed by atoms with E-state index in [1.807, 2.05) is 6.92 Å². The topological polar surface area (TPSA) is 134 Å². The first kappa shape index (κ1) is 12.6. The van der Waals surface area contributed by atoms with Crippen LogP contribution in [0.1, 0.15) is 13.3 Å². The summed E-state index contributed by atoms with van der Waals surface area (Å²) in [7, 11) is 0. The van der Waals surface area contributed by atoms with Crippen molar-refractivity contribution in [3.05, 3.63) is 11.6 Å². The number of ether oxygens (including phenoxy) is 1. The Hall–Kier alpha value is -0.500. The second-order valence-electron chi connectivity index (χ2n) is 4.19. The maximum atomic E-state index is 8.66. The molecule has 0 aromatic carbocycles. The molecule has 6 nitrogen and oxygen atoms in total. The molecule has 88 valence electrons. The van der Waals surface area contributed by atoms with Crippen molar-refractivity contribution in [3.8, 4) is 0 Å². The summed E-state index contributed by atoms with van der Waals surface area (Å²) in [5, 5.41) is 8.66. The van der Waals surface area contributed by atoms with Crippen molar-refractivity contribution in [2.75, 3.05) is 13.2 Å². The van der Waals surface area contributed by atoms with E-state index in [4.69, 9.17) is 32.8 Å². The van der Waals surface area contributed by atoms with Crippen molar-refractivity contribution in [1.29, 1.82) is 0 Å². The number of nitrogens with two attached hydrogens (primary N) is 4. The molecule has 0 bridgehead atoms. The molecular formula is C9H20N4O2. The zero-order valence-electron chi connectivity index (χ0n) is 8.94. The third-order valence-electron chi connectivity index (χ3n) is 2.65. The van der Waals surface area contributed by atoms with Crippen LogP contribution in [0.3, 0.4) is 0 Å². The Labute approximate surface area is 89.2 Å². The highest BCUT2D eigenvalue weighted by Crippen LogP contribution is 2.27. The van der Waals surface area contributed by atoms with E-state index in [0.29, 0.717) is 0 Å². The van der Waals surface area contributed by atoms with Crippen LogP contribution in [0.25, 0.3) is 0 Å². The summed E-state index contributed by atoms with van der Waals surface area (Å²) >= 11 is 0. The molecule has 9 N–H and O–H groups in total. The molecular weight excluding hydrogens is 196 g/mol. The highest BCUT2D eigenvalue weighted by atomic mass is 16.5. The Bertz CT molecular complexity index is 263. The summed E-state index contributed by atoms with van der Waals surface area (Å²) in [6, 6.07) is 0. The smallest absolute Gasteiger partial charge is 0.107 e. The predicted molar refractivity (Wildman–Crippen MR) is 57.4 cm³/mol. The first-order chi connectivity index (χ1) is 6.79. The van der Waals surface area contributed by atoms with Crippen LogP contribution in [0.4, 0.5) is 0 Å². The molecule has 15 heavy (non-hydrogen) atoms. The molecule has 0 aromatic heterocycles. The van der Waals surface area contributed by atoms with Gasteiger partial charge in [-0.3, -0.25) is 0 Å². The Kier molecular flexibility index (Phi) is 3.49. The fourth-order valence-corrected chi connectivity index (χ4v) is 1.67. The lowest BCUT2D eigenvalue weighted by atomic mass is 9.81. The average Bonchev–Trinajstić information content (AvgIpc) is 2.07. The van der Waals surface area contributed by atoms with Gasteiger partial charge in [0.1, 0.15) is 6.10 Å². The Morgan fingerprint density at radius 2 is 2.07 bits per heavy atom. The highest BCUT2D eigenvalue weighted by Gasteiger charge is 2.42. The van der Waals surface area contributed by atoms with Gasteiger partial charge in [0.15, 0.2) is 0 Å². The maximum Gasteiger partial charge on any atom is 0.107 e. The third-order valence-corrected chi connectivity index (χ3v) is 2.65. The summed E-state index contributed by atoms with van der Waals surface area (Å²) < 4.78 is 5.32. The quantitative estimate of drug-likeness (QED) is 0.272. The summed E-state index contributed by atoms with van der Waals surface area (Å²) in [6.45, 7) is 1.92. The molecule has 0 radical (unpaired) electrons. The minimum absolute atomic E-state index is 0.0736. The monoisotopic (exact) mass is 216 g/mol. The minimum Gasteiger partial charge on any atom is -0.394 e. The lowest BCUT2D eigenvalue weighted by molar-refractivity contribution is -0.00177. The fourth-order valence-electron chi connectivity index (χ4n) is 1.67. The van der Waals surface area contributed by atoms with E-state index in [0.717, 1.165) is 5.57 Å². The fraction of sp³-hybridized carbons (Fsp3) is 0.778. The van der Waals surface area contributed by atoms with Crippen molar-refractivity contribution in [2.45, 2.75) is 30.8 Å². The zero-order valence-corrected chi connectivity index (χ0v) is 8.94. The number of rotatable bonds is 3. The van der Waals surface area contributed by atoms with Gasteiger partial charge in [0.05, 0.1) is 24.5 Å². The summed E-state index contributed by atoms with van der Waals surface area (Å²) in [6.07, 6.45) is 1.49. The first-order valence-corrected chi connectivity index (χ1v) is 4.86. The van der Waals surface area contributed by atoms with Crippen molar-refractivity contribution in [3.63, 3.8) is 0 Å². The molecule has 1 aliphatic rings. The van der Waals surface area contributed by atoms with Crippen LogP contribution in [0.15, 0.2) is 11.6 Å². The van der Waals surface area contributed by atoms with Gasteiger partial charge < -0.3 is 32.8 Å². The highest BCUT2D eigenvalue weighted by molar-refractivity contribution is 5.25. The van der Waals surface area contributed by atoms with Gasteiger partial charge in [0.25, 0.3) is 0 Å². The van der Waals surface area contributed by atoms with Crippen LogP contribution in [-0.4, -0.2) is 35.7 Å². The molecule has 1 unspecified atom stereocenters. The summed E-state index contributed by atoms with van der Waals surface area (Å²) in [5.74, 6) is 0. The van der Waals surface area contributed by atoms with Crippen molar-refractivity contribution >= 4 is 0 Å². The van der Waals surface area contributed by atoms with E-state index in [-0.39, 0.29) is 19.6 Å². The van der Waals surface area contributed by atoms with Crippen LogP contribution >= 0.6 is 0 Å². The Morgan fingerprint density at radius 3 is 2.60 bits per heavy atom. The summed E-state index contributed by atoms with van der Waals surface area (Å²) in [4.78, 5) is 0. The molecule has 0 aromatic rings. The molecule has 0 spiro atoms. The SMILES string of the molecule is CC1=CC(OCCO)C(N)(N)CC1(N)N. The molecule has 0 fully saturated rings. The van der Waals surface area contributed by atoms with Gasteiger partial charge in [-0.2, -0.15) is 0 Å². The minimum atomic E-state index is -1.10. The van der Waals surface area contributed by atoms with Crippen molar-refractivity contribution < 1.29 is 9.84 Å². The van der Waals surface area contributed by atoms with E-state index < -0.39 is 17.4 Å². The largest absolute Gasteiger partial charge is 0.394 e. The summed E-state index contributed by atoms with van der Waals surface area (Å²) in [5.41, 5.74) is 22.1.